The molecule has 0 saturated carbocycles. The van der Waals surface area contributed by atoms with E-state index in [2.05, 4.69) is 5.32 Å². The Kier molecular flexibility index (Phi) is 6.68. The maximum absolute atomic E-state index is 11.5. The van der Waals surface area contributed by atoms with Crippen LogP contribution < -0.4 is 5.32 Å². The summed E-state index contributed by atoms with van der Waals surface area (Å²) in [6.45, 7) is 4.36. The van der Waals surface area contributed by atoms with E-state index in [1.165, 1.54) is 6.08 Å². The van der Waals surface area contributed by atoms with Crippen molar-refractivity contribution in [3.8, 4) is 0 Å². The summed E-state index contributed by atoms with van der Waals surface area (Å²) in [5.41, 5.74) is 0.864. The van der Waals surface area contributed by atoms with Crippen LogP contribution in [0.25, 0.3) is 0 Å². The highest BCUT2D eigenvalue weighted by Crippen LogP contribution is 2.30. The van der Waals surface area contributed by atoms with Crippen LogP contribution in [0.15, 0.2) is 42.5 Å². The van der Waals surface area contributed by atoms with Crippen LogP contribution in [0, 0.1) is 0 Å². The van der Waals surface area contributed by atoms with E-state index in [9.17, 15) is 4.79 Å². The van der Waals surface area contributed by atoms with E-state index in [1.54, 1.807) is 30.4 Å². The van der Waals surface area contributed by atoms with Gasteiger partial charge in [0.15, 0.2) is 0 Å². The second kappa shape index (κ2) is 8.03. The standard InChI is InChI=1S/C15H17Cl2NO/c1-3-4-5-9-14(19)18-10-11(2)15-12(16)7-6-8-13(15)17/h3-9,11H,10H2,1-2H3,(H,18,19)/b4-3+,9-5+. The van der Waals surface area contributed by atoms with E-state index in [-0.39, 0.29) is 11.8 Å². The van der Waals surface area contributed by atoms with Gasteiger partial charge in [-0.05, 0) is 24.6 Å². The smallest absolute Gasteiger partial charge is 0.243 e. The first-order valence-corrected chi connectivity index (χ1v) is 6.83. The van der Waals surface area contributed by atoms with E-state index in [0.717, 1.165) is 5.56 Å². The molecule has 1 atom stereocenters. The predicted molar refractivity (Wildman–Crippen MR) is 81.8 cm³/mol. The molecular formula is C15H17Cl2NO. The molecule has 1 unspecified atom stereocenters. The Balaban J connectivity index is 2.61. The fraction of sp³-hybridized carbons (Fsp3) is 0.267. The molecule has 0 aliphatic heterocycles. The van der Waals surface area contributed by atoms with E-state index < -0.39 is 0 Å². The number of carbonyl (C=O) groups is 1. The number of amides is 1. The Labute approximate surface area is 124 Å². The van der Waals surface area contributed by atoms with Gasteiger partial charge in [-0.2, -0.15) is 0 Å². The summed E-state index contributed by atoms with van der Waals surface area (Å²) in [5.74, 6) is -0.0756. The van der Waals surface area contributed by atoms with Crippen LogP contribution in [0.5, 0.6) is 0 Å². The largest absolute Gasteiger partial charge is 0.352 e. The summed E-state index contributed by atoms with van der Waals surface area (Å²) in [4.78, 5) is 11.5. The fourth-order valence-corrected chi connectivity index (χ4v) is 2.42. The molecule has 4 heteroatoms. The van der Waals surface area contributed by atoms with Crippen molar-refractivity contribution in [1.82, 2.24) is 5.32 Å². The van der Waals surface area contributed by atoms with Crippen molar-refractivity contribution in [1.29, 1.82) is 0 Å². The van der Waals surface area contributed by atoms with E-state index >= 15 is 0 Å². The van der Waals surface area contributed by atoms with Gasteiger partial charge in [0.2, 0.25) is 5.91 Å². The first-order valence-electron chi connectivity index (χ1n) is 6.07. The van der Waals surface area contributed by atoms with Gasteiger partial charge in [0, 0.05) is 28.6 Å². The highest BCUT2D eigenvalue weighted by Gasteiger charge is 2.13. The van der Waals surface area contributed by atoms with E-state index in [1.807, 2.05) is 19.9 Å². The van der Waals surface area contributed by atoms with Gasteiger partial charge in [-0.3, -0.25) is 4.79 Å². The average molecular weight is 298 g/mol. The van der Waals surface area contributed by atoms with Crippen molar-refractivity contribution >= 4 is 29.1 Å². The molecule has 0 spiro atoms. The Morgan fingerprint density at radius 1 is 1.32 bits per heavy atom. The molecule has 0 aliphatic carbocycles. The zero-order chi connectivity index (χ0) is 14.3. The third kappa shape index (κ3) is 5.09. The minimum Gasteiger partial charge on any atom is -0.352 e. The molecule has 0 heterocycles. The highest BCUT2D eigenvalue weighted by molar-refractivity contribution is 6.36. The lowest BCUT2D eigenvalue weighted by molar-refractivity contribution is -0.116. The minimum absolute atomic E-state index is 0.0558. The minimum atomic E-state index is -0.131. The summed E-state index contributed by atoms with van der Waals surface area (Å²) in [7, 11) is 0. The molecule has 2 nitrogen and oxygen atoms in total. The summed E-state index contributed by atoms with van der Waals surface area (Å²) >= 11 is 12.2. The summed E-state index contributed by atoms with van der Waals surface area (Å²) in [6, 6.07) is 5.40. The van der Waals surface area contributed by atoms with Crippen LogP contribution in [-0.4, -0.2) is 12.5 Å². The monoisotopic (exact) mass is 297 g/mol. The number of hydrogen-bond acceptors (Lipinski definition) is 1. The SMILES string of the molecule is C/C=C/C=C/C(=O)NCC(C)c1c(Cl)cccc1Cl. The lowest BCUT2D eigenvalue weighted by Crippen LogP contribution is -2.25. The van der Waals surface area contributed by atoms with Crippen molar-refractivity contribution < 1.29 is 4.79 Å². The number of hydrogen-bond donors (Lipinski definition) is 1. The van der Waals surface area contributed by atoms with Gasteiger partial charge in [-0.1, -0.05) is 54.4 Å². The normalized spacial score (nSPS) is 13.1. The summed E-state index contributed by atoms with van der Waals surface area (Å²) in [6.07, 6.45) is 6.84. The Bertz CT molecular complexity index is 475. The molecule has 0 fully saturated rings. The first kappa shape index (κ1) is 15.8. The number of carbonyl (C=O) groups excluding carboxylic acids is 1. The van der Waals surface area contributed by atoms with Crippen molar-refractivity contribution in [3.63, 3.8) is 0 Å². The lowest BCUT2D eigenvalue weighted by atomic mass is 10.0. The second-order valence-electron chi connectivity index (χ2n) is 4.17. The van der Waals surface area contributed by atoms with Gasteiger partial charge < -0.3 is 5.32 Å². The van der Waals surface area contributed by atoms with Crippen molar-refractivity contribution in [2.45, 2.75) is 19.8 Å². The number of allylic oxidation sites excluding steroid dienone is 3. The molecule has 1 N–H and O–H groups in total. The molecule has 1 aromatic carbocycles. The van der Waals surface area contributed by atoms with Gasteiger partial charge in [-0.25, -0.2) is 0 Å². The third-order valence-electron chi connectivity index (χ3n) is 2.63. The van der Waals surface area contributed by atoms with E-state index in [0.29, 0.717) is 16.6 Å². The number of rotatable bonds is 5. The molecule has 0 radical (unpaired) electrons. The molecule has 1 aromatic rings. The third-order valence-corrected chi connectivity index (χ3v) is 3.29. The van der Waals surface area contributed by atoms with Crippen molar-refractivity contribution in [2.24, 2.45) is 0 Å². The van der Waals surface area contributed by atoms with Crippen molar-refractivity contribution in [3.05, 3.63) is 58.1 Å². The highest BCUT2D eigenvalue weighted by atomic mass is 35.5. The van der Waals surface area contributed by atoms with Crippen LogP contribution >= 0.6 is 23.2 Å². The van der Waals surface area contributed by atoms with E-state index in [4.69, 9.17) is 23.2 Å². The van der Waals surface area contributed by atoms with Gasteiger partial charge in [0.05, 0.1) is 0 Å². The molecular weight excluding hydrogens is 281 g/mol. The lowest BCUT2D eigenvalue weighted by Gasteiger charge is -2.15. The van der Waals surface area contributed by atoms with Crippen LogP contribution in [0.1, 0.15) is 25.3 Å². The van der Waals surface area contributed by atoms with Gasteiger partial charge in [-0.15, -0.1) is 0 Å². The number of halogens is 2. The molecule has 0 bridgehead atoms. The summed E-state index contributed by atoms with van der Waals surface area (Å²) in [5, 5.41) is 4.06. The Morgan fingerprint density at radius 3 is 2.53 bits per heavy atom. The van der Waals surface area contributed by atoms with Crippen LogP contribution in [0.4, 0.5) is 0 Å². The molecule has 19 heavy (non-hydrogen) atoms. The average Bonchev–Trinajstić information content (AvgIpc) is 2.36. The van der Waals surface area contributed by atoms with Crippen molar-refractivity contribution in [2.75, 3.05) is 6.54 Å². The van der Waals surface area contributed by atoms with Gasteiger partial charge in [0.25, 0.3) is 0 Å². The first-order chi connectivity index (χ1) is 9.06. The maximum Gasteiger partial charge on any atom is 0.243 e. The molecule has 1 rings (SSSR count). The van der Waals surface area contributed by atoms with Gasteiger partial charge >= 0.3 is 0 Å². The molecule has 102 valence electrons. The topological polar surface area (TPSA) is 29.1 Å². The fourth-order valence-electron chi connectivity index (χ4n) is 1.65. The molecule has 0 aromatic heterocycles. The van der Waals surface area contributed by atoms with Crippen LogP contribution in [0.3, 0.4) is 0 Å². The van der Waals surface area contributed by atoms with Crippen LogP contribution in [-0.2, 0) is 4.79 Å². The maximum atomic E-state index is 11.5. The number of nitrogens with one attached hydrogen (secondary N) is 1. The Hall–Kier alpha value is -1.25. The zero-order valence-electron chi connectivity index (χ0n) is 11.0. The summed E-state index contributed by atoms with van der Waals surface area (Å²) < 4.78 is 0. The van der Waals surface area contributed by atoms with Gasteiger partial charge in [0.1, 0.15) is 0 Å². The predicted octanol–water partition coefficient (Wildman–Crippen LogP) is 4.35. The molecule has 1 amide bonds. The quantitative estimate of drug-likeness (QED) is 0.635. The Morgan fingerprint density at radius 2 is 1.95 bits per heavy atom. The number of benzene rings is 1. The molecule has 0 aliphatic rings. The second-order valence-corrected chi connectivity index (χ2v) is 4.98. The zero-order valence-corrected chi connectivity index (χ0v) is 12.5. The molecule has 0 saturated heterocycles. The van der Waals surface area contributed by atoms with Crippen LogP contribution in [0.2, 0.25) is 10.0 Å².